The molecule has 0 aliphatic heterocycles. The molecule has 2 aromatic rings. The van der Waals surface area contributed by atoms with Gasteiger partial charge in [0.25, 0.3) is 11.8 Å². The third-order valence-corrected chi connectivity index (χ3v) is 3.27. The Kier molecular flexibility index (Phi) is 5.74. The number of benzene rings is 1. The second kappa shape index (κ2) is 7.78. The zero-order valence-corrected chi connectivity index (χ0v) is 13.4. The molecule has 0 atom stereocenters. The van der Waals surface area contributed by atoms with Crippen LogP contribution in [0, 0.1) is 0 Å². The minimum atomic E-state index is -4.59. The molecule has 2 rings (SSSR count). The Morgan fingerprint density at radius 1 is 1.12 bits per heavy atom. The molecule has 8 heteroatoms. The summed E-state index contributed by atoms with van der Waals surface area (Å²) in [4.78, 5) is 28.0. The van der Waals surface area contributed by atoms with Crippen LogP contribution in [0.4, 0.5) is 18.9 Å². The van der Waals surface area contributed by atoms with Gasteiger partial charge in [-0.25, -0.2) is 0 Å². The topological polar surface area (TPSA) is 71.1 Å². The van der Waals surface area contributed by atoms with E-state index in [1.807, 2.05) is 6.92 Å². The first kappa shape index (κ1) is 18.4. The fraction of sp³-hybridized carbons (Fsp3) is 0.235. The monoisotopic (exact) mass is 351 g/mol. The van der Waals surface area contributed by atoms with Gasteiger partial charge in [0.05, 0.1) is 11.3 Å². The summed E-state index contributed by atoms with van der Waals surface area (Å²) in [7, 11) is 0. The lowest BCUT2D eigenvalue weighted by Gasteiger charge is -2.13. The first-order chi connectivity index (χ1) is 11.8. The van der Waals surface area contributed by atoms with Crippen LogP contribution in [0.1, 0.15) is 39.8 Å². The summed E-state index contributed by atoms with van der Waals surface area (Å²) in [5.41, 5.74) is -1.24. The van der Waals surface area contributed by atoms with Crippen LogP contribution >= 0.6 is 0 Å². The standard InChI is InChI=1S/C17H16F3N3O2/c1-2-8-22-16(25)14-10-11(7-9-21-14)15(24)23-13-6-4-3-5-12(13)17(18,19)20/h3-7,9-10H,2,8H2,1H3,(H,22,25)(H,23,24). The Labute approximate surface area is 142 Å². The molecule has 2 amide bonds. The molecule has 25 heavy (non-hydrogen) atoms. The molecule has 0 spiro atoms. The van der Waals surface area contributed by atoms with Gasteiger partial charge in [0.2, 0.25) is 0 Å². The number of nitrogens with zero attached hydrogens (tertiary/aromatic N) is 1. The number of hydrogen-bond donors (Lipinski definition) is 2. The van der Waals surface area contributed by atoms with E-state index in [1.54, 1.807) is 0 Å². The van der Waals surface area contributed by atoms with Crippen molar-refractivity contribution in [3.63, 3.8) is 0 Å². The molecule has 5 nitrogen and oxygen atoms in total. The lowest BCUT2D eigenvalue weighted by molar-refractivity contribution is -0.136. The number of anilines is 1. The van der Waals surface area contributed by atoms with Crippen molar-refractivity contribution in [2.75, 3.05) is 11.9 Å². The van der Waals surface area contributed by atoms with Gasteiger partial charge in [-0.3, -0.25) is 14.6 Å². The minimum absolute atomic E-state index is 0.0187. The normalized spacial score (nSPS) is 11.0. The number of para-hydroxylation sites is 1. The maximum atomic E-state index is 13.0. The van der Waals surface area contributed by atoms with Crippen molar-refractivity contribution in [3.05, 3.63) is 59.4 Å². The first-order valence-corrected chi connectivity index (χ1v) is 7.54. The smallest absolute Gasteiger partial charge is 0.351 e. The van der Waals surface area contributed by atoms with E-state index < -0.39 is 23.6 Å². The number of nitrogens with one attached hydrogen (secondary N) is 2. The van der Waals surface area contributed by atoms with Gasteiger partial charge in [-0.15, -0.1) is 0 Å². The number of aromatic nitrogens is 1. The molecular formula is C17H16F3N3O2. The zero-order chi connectivity index (χ0) is 18.4. The van der Waals surface area contributed by atoms with Gasteiger partial charge in [-0.2, -0.15) is 13.2 Å². The fourth-order valence-electron chi connectivity index (χ4n) is 2.06. The molecule has 0 aliphatic carbocycles. The predicted molar refractivity (Wildman–Crippen MR) is 86.3 cm³/mol. The van der Waals surface area contributed by atoms with E-state index in [0.717, 1.165) is 18.6 Å². The summed E-state index contributed by atoms with van der Waals surface area (Å²) < 4.78 is 38.9. The molecule has 0 saturated carbocycles. The number of pyridine rings is 1. The molecule has 0 unspecified atom stereocenters. The van der Waals surface area contributed by atoms with Gasteiger partial charge < -0.3 is 10.6 Å². The highest BCUT2D eigenvalue weighted by molar-refractivity contribution is 6.06. The zero-order valence-electron chi connectivity index (χ0n) is 13.4. The summed E-state index contributed by atoms with van der Waals surface area (Å²) in [6.07, 6.45) is -2.60. The van der Waals surface area contributed by atoms with Gasteiger partial charge >= 0.3 is 6.18 Å². The number of carbonyl (C=O) groups excluding carboxylic acids is 2. The molecule has 0 aliphatic rings. The summed E-state index contributed by atoms with van der Waals surface area (Å²) in [6.45, 7) is 2.34. The highest BCUT2D eigenvalue weighted by atomic mass is 19.4. The van der Waals surface area contributed by atoms with E-state index in [-0.39, 0.29) is 16.9 Å². The second-order valence-electron chi connectivity index (χ2n) is 5.18. The Morgan fingerprint density at radius 2 is 1.84 bits per heavy atom. The summed E-state index contributed by atoms with van der Waals surface area (Å²) >= 11 is 0. The van der Waals surface area contributed by atoms with Crippen LogP contribution in [0.5, 0.6) is 0 Å². The molecule has 0 saturated heterocycles. The Balaban J connectivity index is 2.21. The summed E-state index contributed by atoms with van der Waals surface area (Å²) in [5.74, 6) is -1.21. The van der Waals surface area contributed by atoms with Gasteiger partial charge in [0, 0.05) is 18.3 Å². The molecule has 2 N–H and O–H groups in total. The van der Waals surface area contributed by atoms with Crippen LogP contribution in [0.25, 0.3) is 0 Å². The summed E-state index contributed by atoms with van der Waals surface area (Å²) in [6, 6.07) is 7.23. The lowest BCUT2D eigenvalue weighted by Crippen LogP contribution is -2.25. The fourth-order valence-corrected chi connectivity index (χ4v) is 2.06. The molecular weight excluding hydrogens is 335 g/mol. The van der Waals surface area contributed by atoms with Crippen LogP contribution in [-0.4, -0.2) is 23.3 Å². The first-order valence-electron chi connectivity index (χ1n) is 7.54. The van der Waals surface area contributed by atoms with Crippen molar-refractivity contribution in [1.82, 2.24) is 10.3 Å². The lowest BCUT2D eigenvalue weighted by atomic mass is 10.1. The maximum Gasteiger partial charge on any atom is 0.418 e. The van der Waals surface area contributed by atoms with Gasteiger partial charge in [0.15, 0.2) is 0 Å². The van der Waals surface area contributed by atoms with Crippen molar-refractivity contribution in [2.45, 2.75) is 19.5 Å². The maximum absolute atomic E-state index is 13.0. The van der Waals surface area contributed by atoms with E-state index >= 15 is 0 Å². The highest BCUT2D eigenvalue weighted by Crippen LogP contribution is 2.34. The Hall–Kier alpha value is -2.90. The van der Waals surface area contributed by atoms with Crippen LogP contribution in [-0.2, 0) is 6.18 Å². The van der Waals surface area contributed by atoms with Crippen LogP contribution in [0.2, 0.25) is 0 Å². The van der Waals surface area contributed by atoms with Crippen LogP contribution < -0.4 is 10.6 Å². The SMILES string of the molecule is CCCNC(=O)c1cc(C(=O)Nc2ccccc2C(F)(F)F)ccn1. The average Bonchev–Trinajstić information content (AvgIpc) is 2.59. The van der Waals surface area contributed by atoms with Crippen LogP contribution in [0.3, 0.4) is 0 Å². The molecule has 1 aromatic heterocycles. The van der Waals surface area contributed by atoms with Crippen molar-refractivity contribution >= 4 is 17.5 Å². The predicted octanol–water partition coefficient (Wildman–Crippen LogP) is 3.49. The van der Waals surface area contributed by atoms with Crippen LogP contribution in [0.15, 0.2) is 42.6 Å². The number of rotatable bonds is 5. The number of hydrogen-bond acceptors (Lipinski definition) is 3. The van der Waals surface area contributed by atoms with Gasteiger partial charge in [-0.1, -0.05) is 19.1 Å². The molecule has 1 heterocycles. The Bertz CT molecular complexity index is 776. The Morgan fingerprint density at radius 3 is 2.52 bits per heavy atom. The minimum Gasteiger partial charge on any atom is -0.351 e. The van der Waals surface area contributed by atoms with E-state index in [9.17, 15) is 22.8 Å². The van der Waals surface area contributed by atoms with E-state index in [2.05, 4.69) is 15.6 Å². The quantitative estimate of drug-likeness (QED) is 0.866. The molecule has 1 aromatic carbocycles. The third-order valence-electron chi connectivity index (χ3n) is 3.27. The molecule has 0 fully saturated rings. The largest absolute Gasteiger partial charge is 0.418 e. The van der Waals surface area contributed by atoms with E-state index in [0.29, 0.717) is 6.54 Å². The molecule has 132 valence electrons. The third kappa shape index (κ3) is 4.79. The number of amides is 2. The van der Waals surface area contributed by atoms with Crippen molar-refractivity contribution < 1.29 is 22.8 Å². The number of alkyl halides is 3. The van der Waals surface area contributed by atoms with Gasteiger partial charge in [-0.05, 0) is 30.7 Å². The molecule has 0 radical (unpaired) electrons. The molecule has 0 bridgehead atoms. The van der Waals surface area contributed by atoms with Crippen molar-refractivity contribution in [3.8, 4) is 0 Å². The van der Waals surface area contributed by atoms with E-state index in [4.69, 9.17) is 0 Å². The van der Waals surface area contributed by atoms with Crippen molar-refractivity contribution in [2.24, 2.45) is 0 Å². The second-order valence-corrected chi connectivity index (χ2v) is 5.18. The number of halogens is 3. The van der Waals surface area contributed by atoms with Gasteiger partial charge in [0.1, 0.15) is 5.69 Å². The van der Waals surface area contributed by atoms with E-state index in [1.165, 1.54) is 30.5 Å². The highest BCUT2D eigenvalue weighted by Gasteiger charge is 2.33. The summed E-state index contributed by atoms with van der Waals surface area (Å²) in [5, 5.41) is 4.84. The average molecular weight is 351 g/mol. The van der Waals surface area contributed by atoms with Crippen molar-refractivity contribution in [1.29, 1.82) is 0 Å². The number of carbonyl (C=O) groups is 2.